The summed E-state index contributed by atoms with van der Waals surface area (Å²) in [5, 5.41) is 7.00. The molecule has 8 heteroatoms. The monoisotopic (exact) mass is 398 g/mol. The number of benzene rings is 2. The van der Waals surface area contributed by atoms with E-state index in [9.17, 15) is 0 Å². The Morgan fingerprint density at radius 3 is 2.75 bits per heavy atom. The number of methoxy groups -OCH3 is 1. The Labute approximate surface area is 167 Å². The molecule has 144 valence electrons. The Kier molecular flexibility index (Phi) is 5.08. The number of rotatable bonds is 6. The molecule has 3 aromatic rings. The molecule has 0 spiro atoms. The van der Waals surface area contributed by atoms with E-state index >= 15 is 0 Å². The van der Waals surface area contributed by atoms with Gasteiger partial charge in [0.05, 0.1) is 12.1 Å². The molecule has 0 radical (unpaired) electrons. The van der Waals surface area contributed by atoms with Crippen LogP contribution in [0.2, 0.25) is 5.02 Å². The second-order valence-corrected chi connectivity index (χ2v) is 6.64. The minimum Gasteiger partial charge on any atom is -0.495 e. The number of hydrogen-bond donors (Lipinski definition) is 2. The van der Waals surface area contributed by atoms with Crippen LogP contribution in [0.1, 0.15) is 11.3 Å². The van der Waals surface area contributed by atoms with Crippen LogP contribution in [0.25, 0.3) is 0 Å². The molecule has 2 aromatic carbocycles. The zero-order valence-electron chi connectivity index (χ0n) is 15.5. The van der Waals surface area contributed by atoms with Crippen molar-refractivity contribution < 1.29 is 14.2 Å². The Bertz CT molecular complexity index is 1010. The van der Waals surface area contributed by atoms with Gasteiger partial charge in [-0.2, -0.15) is 4.98 Å². The van der Waals surface area contributed by atoms with Gasteiger partial charge in [0.2, 0.25) is 12.7 Å². The summed E-state index contributed by atoms with van der Waals surface area (Å²) in [5.41, 5.74) is 2.68. The first-order valence-electron chi connectivity index (χ1n) is 8.69. The molecule has 1 aromatic heterocycles. The van der Waals surface area contributed by atoms with Crippen LogP contribution >= 0.6 is 11.6 Å². The molecular weight excluding hydrogens is 380 g/mol. The maximum atomic E-state index is 6.18. The fraction of sp³-hybridized carbons (Fsp3) is 0.200. The van der Waals surface area contributed by atoms with E-state index in [4.69, 9.17) is 25.8 Å². The van der Waals surface area contributed by atoms with Crippen molar-refractivity contribution in [1.82, 2.24) is 9.97 Å². The van der Waals surface area contributed by atoms with Crippen LogP contribution in [-0.2, 0) is 6.54 Å². The summed E-state index contributed by atoms with van der Waals surface area (Å²) >= 11 is 6.18. The Hall–Kier alpha value is -3.19. The number of aromatic nitrogens is 2. The first-order valence-corrected chi connectivity index (χ1v) is 9.07. The molecule has 2 heterocycles. The molecule has 0 bridgehead atoms. The summed E-state index contributed by atoms with van der Waals surface area (Å²) in [5.74, 6) is 3.34. The van der Waals surface area contributed by atoms with Gasteiger partial charge in [0.1, 0.15) is 11.6 Å². The SMILES string of the molecule is COc1ccc(Nc2nc(C)cc(NCc3ccc4c(c3)OCO4)n2)cc1Cl. The van der Waals surface area contributed by atoms with Gasteiger partial charge >= 0.3 is 0 Å². The first-order chi connectivity index (χ1) is 13.6. The number of halogens is 1. The van der Waals surface area contributed by atoms with E-state index in [0.29, 0.717) is 29.1 Å². The van der Waals surface area contributed by atoms with E-state index in [0.717, 1.165) is 28.4 Å². The Morgan fingerprint density at radius 2 is 1.93 bits per heavy atom. The average molecular weight is 399 g/mol. The lowest BCUT2D eigenvalue weighted by molar-refractivity contribution is 0.174. The van der Waals surface area contributed by atoms with Gasteiger partial charge in [-0.25, -0.2) is 4.98 Å². The molecular formula is C20H19ClN4O3. The molecule has 7 nitrogen and oxygen atoms in total. The first kappa shape index (κ1) is 18.2. The Morgan fingerprint density at radius 1 is 1.07 bits per heavy atom. The highest BCUT2D eigenvalue weighted by atomic mass is 35.5. The minimum absolute atomic E-state index is 0.266. The van der Waals surface area contributed by atoms with Gasteiger partial charge in [0.15, 0.2) is 11.5 Å². The number of ether oxygens (including phenoxy) is 3. The molecule has 28 heavy (non-hydrogen) atoms. The smallest absolute Gasteiger partial charge is 0.231 e. The third kappa shape index (κ3) is 4.04. The predicted molar refractivity (Wildman–Crippen MR) is 108 cm³/mol. The third-order valence-corrected chi connectivity index (χ3v) is 4.47. The molecule has 0 unspecified atom stereocenters. The number of aryl methyl sites for hydroxylation is 1. The van der Waals surface area contributed by atoms with Crippen molar-refractivity contribution in [1.29, 1.82) is 0 Å². The fourth-order valence-corrected chi connectivity index (χ4v) is 3.09. The molecule has 0 fully saturated rings. The van der Waals surface area contributed by atoms with Gasteiger partial charge in [0, 0.05) is 24.0 Å². The minimum atomic E-state index is 0.266. The zero-order chi connectivity index (χ0) is 19.5. The molecule has 0 atom stereocenters. The lowest BCUT2D eigenvalue weighted by Gasteiger charge is -2.11. The lowest BCUT2D eigenvalue weighted by Crippen LogP contribution is -2.05. The van der Waals surface area contributed by atoms with E-state index in [1.165, 1.54) is 0 Å². The molecule has 0 aliphatic carbocycles. The van der Waals surface area contributed by atoms with E-state index < -0.39 is 0 Å². The van der Waals surface area contributed by atoms with Crippen molar-refractivity contribution in [3.8, 4) is 17.2 Å². The molecule has 2 N–H and O–H groups in total. The standard InChI is InChI=1S/C20H19ClN4O3/c1-12-7-19(22-10-13-3-5-17-18(8-13)28-11-27-17)25-20(23-12)24-14-4-6-16(26-2)15(21)9-14/h3-9H,10-11H2,1-2H3,(H2,22,23,24,25). The van der Waals surface area contributed by atoms with Crippen LogP contribution in [0.3, 0.4) is 0 Å². The number of hydrogen-bond acceptors (Lipinski definition) is 7. The van der Waals surface area contributed by atoms with Crippen LogP contribution in [-0.4, -0.2) is 23.9 Å². The van der Waals surface area contributed by atoms with Crippen molar-refractivity contribution in [3.63, 3.8) is 0 Å². The normalized spacial score (nSPS) is 12.0. The average Bonchev–Trinajstić information content (AvgIpc) is 3.14. The topological polar surface area (TPSA) is 77.5 Å². The summed E-state index contributed by atoms with van der Waals surface area (Å²) in [6.45, 7) is 2.78. The highest BCUT2D eigenvalue weighted by Gasteiger charge is 2.13. The van der Waals surface area contributed by atoms with Gasteiger partial charge in [-0.1, -0.05) is 17.7 Å². The number of anilines is 3. The van der Waals surface area contributed by atoms with Crippen molar-refractivity contribution in [2.24, 2.45) is 0 Å². The number of nitrogens with one attached hydrogen (secondary N) is 2. The van der Waals surface area contributed by atoms with Crippen LogP contribution in [0.15, 0.2) is 42.5 Å². The van der Waals surface area contributed by atoms with E-state index in [1.807, 2.05) is 37.3 Å². The van der Waals surface area contributed by atoms with Gasteiger partial charge in [-0.15, -0.1) is 0 Å². The van der Waals surface area contributed by atoms with E-state index in [1.54, 1.807) is 19.2 Å². The van der Waals surface area contributed by atoms with Crippen molar-refractivity contribution in [2.75, 3.05) is 24.5 Å². The summed E-state index contributed by atoms with van der Waals surface area (Å²) in [7, 11) is 1.58. The largest absolute Gasteiger partial charge is 0.495 e. The quantitative estimate of drug-likeness (QED) is 0.631. The van der Waals surface area contributed by atoms with Gasteiger partial charge in [-0.3, -0.25) is 0 Å². The zero-order valence-corrected chi connectivity index (χ0v) is 16.2. The van der Waals surface area contributed by atoms with Gasteiger partial charge in [0.25, 0.3) is 0 Å². The summed E-state index contributed by atoms with van der Waals surface area (Å²) < 4.78 is 15.9. The van der Waals surface area contributed by atoms with E-state index in [-0.39, 0.29) is 6.79 Å². The maximum Gasteiger partial charge on any atom is 0.231 e. The predicted octanol–water partition coefficient (Wildman–Crippen LogP) is 4.53. The van der Waals surface area contributed by atoms with E-state index in [2.05, 4.69) is 20.6 Å². The summed E-state index contributed by atoms with van der Waals surface area (Å²) in [6, 6.07) is 13.2. The second-order valence-electron chi connectivity index (χ2n) is 6.23. The fourth-order valence-electron chi connectivity index (χ4n) is 2.83. The van der Waals surface area contributed by atoms with Crippen LogP contribution in [0, 0.1) is 6.92 Å². The van der Waals surface area contributed by atoms with Crippen LogP contribution in [0.4, 0.5) is 17.5 Å². The maximum absolute atomic E-state index is 6.18. The van der Waals surface area contributed by atoms with Gasteiger partial charge < -0.3 is 24.8 Å². The molecule has 1 aliphatic rings. The highest BCUT2D eigenvalue weighted by Crippen LogP contribution is 2.32. The van der Waals surface area contributed by atoms with Gasteiger partial charge in [-0.05, 0) is 42.8 Å². The third-order valence-electron chi connectivity index (χ3n) is 4.17. The van der Waals surface area contributed by atoms with Crippen molar-refractivity contribution in [2.45, 2.75) is 13.5 Å². The lowest BCUT2D eigenvalue weighted by atomic mass is 10.2. The molecule has 0 amide bonds. The molecule has 4 rings (SSSR count). The number of fused-ring (bicyclic) bond motifs is 1. The summed E-state index contributed by atoms with van der Waals surface area (Å²) in [4.78, 5) is 8.96. The Balaban J connectivity index is 1.47. The number of nitrogens with zero attached hydrogens (tertiary/aromatic N) is 2. The molecule has 0 saturated carbocycles. The second kappa shape index (κ2) is 7.82. The van der Waals surface area contributed by atoms with Crippen LogP contribution < -0.4 is 24.8 Å². The highest BCUT2D eigenvalue weighted by molar-refractivity contribution is 6.32. The molecule has 0 saturated heterocycles. The molecule has 1 aliphatic heterocycles. The summed E-state index contributed by atoms with van der Waals surface area (Å²) in [6.07, 6.45) is 0. The van der Waals surface area contributed by atoms with Crippen LogP contribution in [0.5, 0.6) is 17.2 Å². The van der Waals surface area contributed by atoms with Crippen molar-refractivity contribution in [3.05, 3.63) is 58.7 Å². The van der Waals surface area contributed by atoms with Crippen molar-refractivity contribution >= 4 is 29.1 Å².